The van der Waals surface area contributed by atoms with Crippen LogP contribution in [0.25, 0.3) is 0 Å². The molecule has 0 saturated heterocycles. The lowest BCUT2D eigenvalue weighted by molar-refractivity contribution is -0.131. The van der Waals surface area contributed by atoms with Crippen LogP contribution in [-0.2, 0) is 16.1 Å². The van der Waals surface area contributed by atoms with Gasteiger partial charge in [-0.05, 0) is 31.2 Å². The Kier molecular flexibility index (Phi) is 9.79. The Balaban J connectivity index is 1.52. The number of unbranched alkanes of at least 4 members (excludes halogenated alkanes) is 1. The van der Waals surface area contributed by atoms with Crippen molar-refractivity contribution in [2.45, 2.75) is 76.2 Å². The van der Waals surface area contributed by atoms with Crippen molar-refractivity contribution in [3.05, 3.63) is 35.9 Å². The van der Waals surface area contributed by atoms with E-state index in [2.05, 4.69) is 10.6 Å². The molecule has 1 unspecified atom stereocenters. The van der Waals surface area contributed by atoms with Crippen molar-refractivity contribution in [1.29, 1.82) is 0 Å². The third-order valence-corrected chi connectivity index (χ3v) is 5.07. The van der Waals surface area contributed by atoms with Crippen LogP contribution in [0.5, 0.6) is 0 Å². The number of rotatable bonds is 10. The minimum atomic E-state index is -1.19. The maximum atomic E-state index is 12.1. The number of hydrogen-bond donors (Lipinski definition) is 4. The molecule has 1 aromatic rings. The molecule has 1 aliphatic carbocycles. The second kappa shape index (κ2) is 12.4. The third kappa shape index (κ3) is 8.27. The number of nitrogens with one attached hydrogen (secondary N) is 2. The number of aliphatic hydroxyl groups excluding tert-OH is 1. The number of hydrogen-bond acceptors (Lipinski definition) is 5. The normalized spacial score (nSPS) is 16.8. The highest BCUT2D eigenvalue weighted by molar-refractivity contribution is 5.81. The number of alkyl carbamates (subject to hydrolysis) is 1. The number of benzene rings is 1. The van der Waals surface area contributed by atoms with Crippen molar-refractivity contribution in [1.82, 2.24) is 10.6 Å². The first kappa shape index (κ1) is 22.2. The fraction of sp³-hybridized carbons (Fsp3) is 0.619. The van der Waals surface area contributed by atoms with Crippen LogP contribution in [0.2, 0.25) is 0 Å². The van der Waals surface area contributed by atoms with E-state index >= 15 is 0 Å². The van der Waals surface area contributed by atoms with E-state index in [4.69, 9.17) is 10.5 Å². The summed E-state index contributed by atoms with van der Waals surface area (Å²) in [7, 11) is 0. The molecule has 156 valence electrons. The number of carbonyl (C=O) groups excluding carboxylic acids is 2. The number of nitrogens with two attached hydrogens (primary N) is 1. The van der Waals surface area contributed by atoms with Crippen molar-refractivity contribution in [2.24, 2.45) is 5.73 Å². The number of aliphatic hydroxyl groups is 1. The molecule has 2 rings (SSSR count). The molecule has 0 aromatic heterocycles. The van der Waals surface area contributed by atoms with Crippen LogP contribution in [0.3, 0.4) is 0 Å². The van der Waals surface area contributed by atoms with Gasteiger partial charge in [-0.3, -0.25) is 4.79 Å². The van der Waals surface area contributed by atoms with Crippen molar-refractivity contribution in [2.75, 3.05) is 6.54 Å². The van der Waals surface area contributed by atoms with Crippen LogP contribution in [0.1, 0.15) is 56.9 Å². The van der Waals surface area contributed by atoms with E-state index in [1.54, 1.807) is 0 Å². The minimum Gasteiger partial charge on any atom is -0.445 e. The maximum absolute atomic E-state index is 12.1. The first-order valence-electron chi connectivity index (χ1n) is 10.2. The van der Waals surface area contributed by atoms with Gasteiger partial charge in [0.1, 0.15) is 12.7 Å². The zero-order chi connectivity index (χ0) is 20.2. The van der Waals surface area contributed by atoms with Gasteiger partial charge in [-0.2, -0.15) is 0 Å². The molecule has 0 bridgehead atoms. The third-order valence-electron chi connectivity index (χ3n) is 5.07. The first-order valence-corrected chi connectivity index (χ1v) is 10.2. The van der Waals surface area contributed by atoms with Crippen LogP contribution in [0.4, 0.5) is 4.79 Å². The lowest BCUT2D eigenvalue weighted by Gasteiger charge is -2.25. The van der Waals surface area contributed by atoms with Crippen molar-refractivity contribution in [3.63, 3.8) is 0 Å². The molecule has 1 aliphatic rings. The van der Waals surface area contributed by atoms with Crippen LogP contribution in [-0.4, -0.2) is 41.8 Å². The molecule has 2 atom stereocenters. The predicted octanol–water partition coefficient (Wildman–Crippen LogP) is 2.22. The summed E-state index contributed by atoms with van der Waals surface area (Å²) in [5.74, 6) is -0.373. The molecule has 28 heavy (non-hydrogen) atoms. The van der Waals surface area contributed by atoms with Gasteiger partial charge in [0.15, 0.2) is 0 Å². The molecule has 7 heteroatoms. The Labute approximate surface area is 167 Å². The van der Waals surface area contributed by atoms with Crippen LogP contribution in [0, 0.1) is 0 Å². The van der Waals surface area contributed by atoms with Gasteiger partial charge >= 0.3 is 6.09 Å². The average molecular weight is 392 g/mol. The highest BCUT2D eigenvalue weighted by Crippen LogP contribution is 2.17. The van der Waals surface area contributed by atoms with Crippen LogP contribution < -0.4 is 16.4 Å². The molecule has 0 spiro atoms. The zero-order valence-corrected chi connectivity index (χ0v) is 16.4. The van der Waals surface area contributed by atoms with Gasteiger partial charge in [-0.15, -0.1) is 0 Å². The average Bonchev–Trinajstić information content (AvgIpc) is 2.72. The molecule has 1 fully saturated rings. The molecular weight excluding hydrogens is 358 g/mol. The lowest BCUT2D eigenvalue weighted by Crippen LogP contribution is -2.49. The topological polar surface area (TPSA) is 114 Å². The van der Waals surface area contributed by atoms with Gasteiger partial charge in [-0.1, -0.05) is 56.0 Å². The second-order valence-corrected chi connectivity index (χ2v) is 7.44. The van der Waals surface area contributed by atoms with Crippen molar-refractivity contribution >= 4 is 12.0 Å². The van der Waals surface area contributed by atoms with Gasteiger partial charge in [0.05, 0.1) is 0 Å². The number of amides is 2. The molecule has 5 N–H and O–H groups in total. The Morgan fingerprint density at radius 2 is 1.86 bits per heavy atom. The van der Waals surface area contributed by atoms with Gasteiger partial charge in [0.25, 0.3) is 5.91 Å². The van der Waals surface area contributed by atoms with Gasteiger partial charge in [-0.25, -0.2) is 4.79 Å². The molecule has 2 amide bonds. The quantitative estimate of drug-likeness (QED) is 0.457. The summed E-state index contributed by atoms with van der Waals surface area (Å²) in [6, 6.07) is 9.04. The number of carbonyl (C=O) groups is 2. The van der Waals surface area contributed by atoms with E-state index in [1.165, 1.54) is 6.42 Å². The molecule has 1 aromatic carbocycles. The molecule has 0 radical (unpaired) electrons. The fourth-order valence-electron chi connectivity index (χ4n) is 3.36. The predicted molar refractivity (Wildman–Crippen MR) is 107 cm³/mol. The molecule has 1 saturated carbocycles. The van der Waals surface area contributed by atoms with Crippen molar-refractivity contribution < 1.29 is 19.4 Å². The summed E-state index contributed by atoms with van der Waals surface area (Å²) in [6.07, 6.45) is 5.66. The monoisotopic (exact) mass is 391 g/mol. The largest absolute Gasteiger partial charge is 0.445 e. The summed E-state index contributed by atoms with van der Waals surface area (Å²) >= 11 is 0. The summed E-state index contributed by atoms with van der Waals surface area (Å²) in [5, 5.41) is 15.7. The minimum absolute atomic E-state index is 0.161. The highest BCUT2D eigenvalue weighted by atomic mass is 16.5. The summed E-state index contributed by atoms with van der Waals surface area (Å²) in [5.41, 5.74) is 6.89. The summed E-state index contributed by atoms with van der Waals surface area (Å²) in [4.78, 5) is 23.8. The lowest BCUT2D eigenvalue weighted by atomic mass is 9.95. The maximum Gasteiger partial charge on any atom is 0.407 e. The molecule has 7 nitrogen and oxygen atoms in total. The Morgan fingerprint density at radius 1 is 1.14 bits per heavy atom. The highest BCUT2D eigenvalue weighted by Gasteiger charge is 2.25. The standard InChI is InChI=1S/C21H33N3O4/c22-18(19(25)20(26)24-17-11-5-2-6-12-17)13-7-8-14-23-21(27)28-15-16-9-3-1-4-10-16/h1,3-4,9-10,17-19,25H,2,5-8,11-15,22H2,(H,23,27)(H,24,26)/t18-,19?/m0/s1. The Bertz CT molecular complexity index is 591. The Hall–Kier alpha value is -2.12. The second-order valence-electron chi connectivity index (χ2n) is 7.44. The first-order chi connectivity index (χ1) is 13.6. The smallest absolute Gasteiger partial charge is 0.407 e. The van der Waals surface area contributed by atoms with Gasteiger partial charge in [0, 0.05) is 18.6 Å². The molecular formula is C21H33N3O4. The van der Waals surface area contributed by atoms with Crippen LogP contribution >= 0.6 is 0 Å². The SMILES string of the molecule is N[C@@H](CCCCNC(=O)OCc1ccccc1)C(O)C(=O)NC1CCCCC1. The number of ether oxygens (including phenoxy) is 1. The van der Waals surface area contributed by atoms with E-state index in [9.17, 15) is 14.7 Å². The van der Waals surface area contributed by atoms with Gasteiger partial charge in [0.2, 0.25) is 0 Å². The van der Waals surface area contributed by atoms with E-state index in [-0.39, 0.29) is 18.6 Å². The molecule has 0 aliphatic heterocycles. The summed E-state index contributed by atoms with van der Waals surface area (Å²) < 4.78 is 5.13. The fourth-order valence-corrected chi connectivity index (χ4v) is 3.36. The molecule has 0 heterocycles. The van der Waals surface area contributed by atoms with E-state index in [1.807, 2.05) is 30.3 Å². The van der Waals surface area contributed by atoms with Crippen LogP contribution in [0.15, 0.2) is 30.3 Å². The van der Waals surface area contributed by atoms with E-state index < -0.39 is 18.2 Å². The van der Waals surface area contributed by atoms with Gasteiger partial charge < -0.3 is 26.2 Å². The summed E-state index contributed by atoms with van der Waals surface area (Å²) in [6.45, 7) is 0.699. The zero-order valence-electron chi connectivity index (χ0n) is 16.4. The van der Waals surface area contributed by atoms with Crippen molar-refractivity contribution in [3.8, 4) is 0 Å². The Morgan fingerprint density at radius 3 is 2.57 bits per heavy atom. The van der Waals surface area contributed by atoms with E-state index in [0.717, 1.165) is 31.2 Å². The van der Waals surface area contributed by atoms with E-state index in [0.29, 0.717) is 25.8 Å².